The number of nitrogens with one attached hydrogen (secondary N) is 1. The molecule has 0 bridgehead atoms. The van der Waals surface area contributed by atoms with Gasteiger partial charge in [0.05, 0.1) is 0 Å². The van der Waals surface area contributed by atoms with E-state index in [-0.39, 0.29) is 5.82 Å². The summed E-state index contributed by atoms with van der Waals surface area (Å²) in [5.41, 5.74) is 0.835. The molecule has 1 aliphatic rings. The molecule has 0 heterocycles. The largest absolute Gasteiger partial charge is 0.314 e. The molecule has 2 rings (SSSR count). The van der Waals surface area contributed by atoms with E-state index in [2.05, 4.69) is 35.1 Å². The Morgan fingerprint density at radius 2 is 1.95 bits per heavy atom. The highest BCUT2D eigenvalue weighted by atomic mass is 79.9. The molecule has 0 aliphatic heterocycles. The molecule has 1 unspecified atom stereocenters. The number of rotatable bonds is 6. The first kappa shape index (κ1) is 17.0. The van der Waals surface area contributed by atoms with Crippen LogP contribution in [0, 0.1) is 17.7 Å². The van der Waals surface area contributed by atoms with Gasteiger partial charge in [0.1, 0.15) is 5.82 Å². The Morgan fingerprint density at radius 3 is 2.52 bits per heavy atom. The van der Waals surface area contributed by atoms with Crippen LogP contribution in [0.5, 0.6) is 0 Å². The third-order valence-electron chi connectivity index (χ3n) is 4.96. The highest BCUT2D eigenvalue weighted by Gasteiger charge is 2.27. The van der Waals surface area contributed by atoms with Gasteiger partial charge < -0.3 is 5.32 Å². The summed E-state index contributed by atoms with van der Waals surface area (Å²) in [5.74, 6) is 1.51. The Labute approximate surface area is 136 Å². The first-order chi connectivity index (χ1) is 10.1. The molecule has 1 aromatic rings. The van der Waals surface area contributed by atoms with Crippen LogP contribution in [0.1, 0.15) is 51.5 Å². The topological polar surface area (TPSA) is 12.0 Å². The number of benzene rings is 1. The van der Waals surface area contributed by atoms with E-state index in [1.807, 2.05) is 12.1 Å². The van der Waals surface area contributed by atoms with Crippen molar-refractivity contribution in [2.75, 3.05) is 6.54 Å². The maximum absolute atomic E-state index is 14.1. The molecule has 0 saturated heterocycles. The Kier molecular flexibility index (Phi) is 6.69. The number of halogens is 2. The van der Waals surface area contributed by atoms with E-state index in [9.17, 15) is 4.39 Å². The van der Waals surface area contributed by atoms with Crippen LogP contribution in [0.3, 0.4) is 0 Å². The minimum absolute atomic E-state index is 0.0884. The third-order valence-corrected chi connectivity index (χ3v) is 5.45. The number of hydrogen-bond acceptors (Lipinski definition) is 1. The zero-order valence-electron chi connectivity index (χ0n) is 13.2. The normalized spacial score (nSPS) is 24.0. The molecule has 1 atom stereocenters. The fourth-order valence-corrected chi connectivity index (χ4v) is 3.92. The van der Waals surface area contributed by atoms with Crippen LogP contribution in [0.15, 0.2) is 22.7 Å². The Bertz CT molecular complexity index is 441. The molecule has 1 N–H and O–H groups in total. The van der Waals surface area contributed by atoms with Crippen LogP contribution in [-0.4, -0.2) is 12.6 Å². The summed E-state index contributed by atoms with van der Waals surface area (Å²) in [6.45, 7) is 5.39. The summed E-state index contributed by atoms with van der Waals surface area (Å²) >= 11 is 3.33. The lowest BCUT2D eigenvalue weighted by Crippen LogP contribution is -2.40. The Hall–Kier alpha value is -0.410. The van der Waals surface area contributed by atoms with E-state index in [0.717, 1.165) is 28.9 Å². The van der Waals surface area contributed by atoms with E-state index in [1.165, 1.54) is 32.1 Å². The van der Waals surface area contributed by atoms with E-state index < -0.39 is 0 Å². The first-order valence-corrected chi connectivity index (χ1v) is 9.10. The second kappa shape index (κ2) is 8.28. The summed E-state index contributed by atoms with van der Waals surface area (Å²) in [7, 11) is 0. The van der Waals surface area contributed by atoms with Gasteiger partial charge in [0.2, 0.25) is 0 Å². The molecule has 3 heteroatoms. The smallest absolute Gasteiger partial charge is 0.127 e. The van der Waals surface area contributed by atoms with Crippen molar-refractivity contribution >= 4 is 15.9 Å². The molecule has 0 radical (unpaired) electrons. The van der Waals surface area contributed by atoms with Gasteiger partial charge in [-0.25, -0.2) is 4.39 Å². The molecule has 1 aliphatic carbocycles. The summed E-state index contributed by atoms with van der Waals surface area (Å²) in [6.07, 6.45) is 7.36. The molecule has 1 saturated carbocycles. The maximum Gasteiger partial charge on any atom is 0.127 e. The third kappa shape index (κ3) is 4.79. The van der Waals surface area contributed by atoms with E-state index in [0.29, 0.717) is 12.0 Å². The molecule has 1 fully saturated rings. The van der Waals surface area contributed by atoms with Gasteiger partial charge in [0.25, 0.3) is 0 Å². The molecule has 0 spiro atoms. The zero-order valence-corrected chi connectivity index (χ0v) is 14.8. The van der Waals surface area contributed by atoms with Crippen molar-refractivity contribution in [2.45, 2.75) is 58.4 Å². The Balaban J connectivity index is 2.02. The summed E-state index contributed by atoms with van der Waals surface area (Å²) in [6, 6.07) is 5.84. The summed E-state index contributed by atoms with van der Waals surface area (Å²) < 4.78 is 14.9. The summed E-state index contributed by atoms with van der Waals surface area (Å²) in [5, 5.41) is 3.60. The standard InChI is InChI=1S/C18H27BrFN/c1-3-13-5-7-14(8-6-13)18(21-4-2)11-15-9-10-16(19)12-17(15)20/h9-10,12-14,18,21H,3-8,11H2,1-2H3. The highest BCUT2D eigenvalue weighted by molar-refractivity contribution is 9.10. The van der Waals surface area contributed by atoms with Crippen LogP contribution in [0.25, 0.3) is 0 Å². The van der Waals surface area contributed by atoms with Gasteiger partial charge in [-0.3, -0.25) is 0 Å². The van der Waals surface area contributed by atoms with Gasteiger partial charge in [0, 0.05) is 10.5 Å². The van der Waals surface area contributed by atoms with Crippen molar-refractivity contribution in [2.24, 2.45) is 11.8 Å². The molecular formula is C18H27BrFN. The van der Waals surface area contributed by atoms with Gasteiger partial charge in [-0.05, 0) is 55.3 Å². The molecule has 1 nitrogen and oxygen atoms in total. The van der Waals surface area contributed by atoms with Crippen LogP contribution in [0.2, 0.25) is 0 Å². The van der Waals surface area contributed by atoms with Gasteiger partial charge >= 0.3 is 0 Å². The fourth-order valence-electron chi connectivity index (χ4n) is 3.59. The van der Waals surface area contributed by atoms with Crippen molar-refractivity contribution in [3.05, 3.63) is 34.1 Å². The molecular weight excluding hydrogens is 329 g/mol. The van der Waals surface area contributed by atoms with Crippen molar-refractivity contribution < 1.29 is 4.39 Å². The molecule has 0 aromatic heterocycles. The monoisotopic (exact) mass is 355 g/mol. The SMILES string of the molecule is CCNC(Cc1ccc(Br)cc1F)C1CCC(CC)CC1. The predicted molar refractivity (Wildman–Crippen MR) is 91.0 cm³/mol. The molecule has 1 aromatic carbocycles. The average molecular weight is 356 g/mol. The molecule has 21 heavy (non-hydrogen) atoms. The fraction of sp³-hybridized carbons (Fsp3) is 0.667. The quantitative estimate of drug-likeness (QED) is 0.727. The van der Waals surface area contributed by atoms with Gasteiger partial charge in [-0.2, -0.15) is 0 Å². The van der Waals surface area contributed by atoms with Crippen molar-refractivity contribution in [1.82, 2.24) is 5.32 Å². The molecule has 0 amide bonds. The van der Waals surface area contributed by atoms with Gasteiger partial charge in [-0.1, -0.05) is 55.1 Å². The number of likely N-dealkylation sites (N-methyl/N-ethyl adjacent to an activating group) is 1. The van der Waals surface area contributed by atoms with E-state index in [1.54, 1.807) is 6.07 Å². The van der Waals surface area contributed by atoms with E-state index in [4.69, 9.17) is 0 Å². The lowest BCUT2D eigenvalue weighted by molar-refractivity contribution is 0.217. The number of hydrogen-bond donors (Lipinski definition) is 1. The first-order valence-electron chi connectivity index (χ1n) is 8.31. The minimum atomic E-state index is -0.0884. The lowest BCUT2D eigenvalue weighted by Gasteiger charge is -2.34. The van der Waals surface area contributed by atoms with Crippen molar-refractivity contribution in [1.29, 1.82) is 0 Å². The zero-order chi connectivity index (χ0) is 15.2. The van der Waals surface area contributed by atoms with Crippen LogP contribution in [-0.2, 0) is 6.42 Å². The molecule has 118 valence electrons. The lowest BCUT2D eigenvalue weighted by atomic mass is 9.76. The van der Waals surface area contributed by atoms with Crippen LogP contribution in [0.4, 0.5) is 4.39 Å². The second-order valence-electron chi connectivity index (χ2n) is 6.29. The average Bonchev–Trinajstić information content (AvgIpc) is 2.49. The Morgan fingerprint density at radius 1 is 1.24 bits per heavy atom. The second-order valence-corrected chi connectivity index (χ2v) is 7.21. The van der Waals surface area contributed by atoms with Crippen LogP contribution < -0.4 is 5.32 Å². The highest BCUT2D eigenvalue weighted by Crippen LogP contribution is 2.33. The van der Waals surface area contributed by atoms with Gasteiger partial charge in [-0.15, -0.1) is 0 Å². The minimum Gasteiger partial charge on any atom is -0.314 e. The summed E-state index contributed by atoms with van der Waals surface area (Å²) in [4.78, 5) is 0. The maximum atomic E-state index is 14.1. The predicted octanol–water partition coefficient (Wildman–Crippen LogP) is 5.33. The van der Waals surface area contributed by atoms with Crippen molar-refractivity contribution in [3.8, 4) is 0 Å². The van der Waals surface area contributed by atoms with Gasteiger partial charge in [0.15, 0.2) is 0 Å². The van der Waals surface area contributed by atoms with E-state index >= 15 is 0 Å². The van der Waals surface area contributed by atoms with Crippen LogP contribution >= 0.6 is 15.9 Å². The van der Waals surface area contributed by atoms with Crippen molar-refractivity contribution in [3.63, 3.8) is 0 Å².